The number of anilines is 3. The fraction of sp³-hybridized carbons (Fsp3) is 0.333. The first-order chi connectivity index (χ1) is 8.69. The summed E-state index contributed by atoms with van der Waals surface area (Å²) in [7, 11) is 0. The maximum Gasteiger partial charge on any atom is 0.136 e. The van der Waals surface area contributed by atoms with Gasteiger partial charge < -0.3 is 16.4 Å². The van der Waals surface area contributed by atoms with Gasteiger partial charge in [-0.25, -0.2) is 9.97 Å². The highest BCUT2D eigenvalue weighted by Crippen LogP contribution is 2.26. The molecule has 0 aliphatic heterocycles. The van der Waals surface area contributed by atoms with Crippen molar-refractivity contribution in [2.75, 3.05) is 23.7 Å². The summed E-state index contributed by atoms with van der Waals surface area (Å²) in [5, 5.41) is 9.63. The Morgan fingerprint density at radius 1 is 1.28 bits per heavy atom. The Kier molecular flexibility index (Phi) is 4.11. The molecule has 6 heteroatoms. The van der Waals surface area contributed by atoms with Crippen molar-refractivity contribution in [3.8, 4) is 0 Å². The Morgan fingerprint density at radius 3 is 2.72 bits per heavy atom. The molecule has 5 nitrogen and oxygen atoms in total. The van der Waals surface area contributed by atoms with Crippen molar-refractivity contribution in [2.24, 2.45) is 5.73 Å². The quantitative estimate of drug-likeness (QED) is 0.771. The van der Waals surface area contributed by atoms with Gasteiger partial charge in [0.1, 0.15) is 17.5 Å². The minimum Gasteiger partial charge on any atom is -0.369 e. The average molecular weight is 263 g/mol. The number of nitrogens with two attached hydrogens (primary N) is 1. The first-order valence-electron chi connectivity index (χ1n) is 5.80. The van der Waals surface area contributed by atoms with Crippen LogP contribution in [-0.4, -0.2) is 23.1 Å². The number of thiophene rings is 1. The molecule has 0 amide bonds. The van der Waals surface area contributed by atoms with Crippen LogP contribution in [0.1, 0.15) is 11.4 Å². The Bertz CT molecular complexity index is 523. The van der Waals surface area contributed by atoms with Crippen molar-refractivity contribution in [1.29, 1.82) is 0 Å². The molecule has 0 radical (unpaired) electrons. The highest BCUT2D eigenvalue weighted by Gasteiger charge is 2.04. The first-order valence-corrected chi connectivity index (χ1v) is 6.68. The molecule has 0 saturated heterocycles. The van der Waals surface area contributed by atoms with Gasteiger partial charge in [0.15, 0.2) is 0 Å². The van der Waals surface area contributed by atoms with Crippen molar-refractivity contribution < 1.29 is 0 Å². The second-order valence-corrected chi connectivity index (χ2v) is 4.87. The third-order valence-electron chi connectivity index (χ3n) is 2.39. The predicted molar refractivity (Wildman–Crippen MR) is 76.7 cm³/mol. The fourth-order valence-electron chi connectivity index (χ4n) is 1.54. The number of rotatable bonds is 5. The van der Waals surface area contributed by atoms with Gasteiger partial charge in [-0.05, 0) is 30.9 Å². The van der Waals surface area contributed by atoms with Crippen molar-refractivity contribution in [3.63, 3.8) is 0 Å². The molecule has 2 rings (SSSR count). The number of aromatic nitrogens is 2. The van der Waals surface area contributed by atoms with Gasteiger partial charge in [-0.2, -0.15) is 0 Å². The summed E-state index contributed by atoms with van der Waals surface area (Å²) < 4.78 is 0. The molecule has 0 bridgehead atoms. The monoisotopic (exact) mass is 263 g/mol. The van der Waals surface area contributed by atoms with E-state index in [2.05, 4.69) is 39.0 Å². The molecule has 0 aromatic carbocycles. The van der Waals surface area contributed by atoms with E-state index in [9.17, 15) is 0 Å². The van der Waals surface area contributed by atoms with Gasteiger partial charge in [0.25, 0.3) is 0 Å². The van der Waals surface area contributed by atoms with Crippen molar-refractivity contribution in [1.82, 2.24) is 9.97 Å². The van der Waals surface area contributed by atoms with Gasteiger partial charge in [0.05, 0.1) is 5.00 Å². The molecule has 0 fully saturated rings. The number of nitrogens with zero attached hydrogens (tertiary/aromatic N) is 2. The first kappa shape index (κ1) is 12.8. The van der Waals surface area contributed by atoms with Crippen molar-refractivity contribution >= 4 is 28.0 Å². The molecule has 2 aromatic rings. The van der Waals surface area contributed by atoms with Crippen LogP contribution < -0.4 is 16.4 Å². The third kappa shape index (κ3) is 3.18. The standard InChI is InChI=1S/C12H17N5S/c1-8-3-6-18-12(8)17-11-7-10(14-5-4-13)15-9(2)16-11/h3,6-7H,4-5,13H2,1-2H3,(H2,14,15,16,17). The number of hydrogen-bond donors (Lipinski definition) is 3. The Balaban J connectivity index is 2.17. The van der Waals surface area contributed by atoms with Crippen LogP contribution in [0.5, 0.6) is 0 Å². The van der Waals surface area contributed by atoms with Crippen molar-refractivity contribution in [3.05, 3.63) is 28.9 Å². The molecule has 0 aliphatic carbocycles. The summed E-state index contributed by atoms with van der Waals surface area (Å²) in [6, 6.07) is 3.97. The van der Waals surface area contributed by atoms with Crippen LogP contribution in [0.15, 0.2) is 17.5 Å². The molecule has 2 heterocycles. The molecule has 96 valence electrons. The maximum absolute atomic E-state index is 5.46. The van der Waals surface area contributed by atoms with Crippen LogP contribution in [-0.2, 0) is 0 Å². The minimum atomic E-state index is 0.579. The van der Waals surface area contributed by atoms with Gasteiger partial charge in [-0.15, -0.1) is 11.3 Å². The minimum absolute atomic E-state index is 0.579. The Labute approximate surface area is 110 Å². The van der Waals surface area contributed by atoms with E-state index in [1.165, 1.54) is 5.56 Å². The Morgan fingerprint density at radius 2 is 2.06 bits per heavy atom. The van der Waals surface area contributed by atoms with E-state index in [0.29, 0.717) is 13.1 Å². The van der Waals surface area contributed by atoms with E-state index in [1.807, 2.05) is 13.0 Å². The topological polar surface area (TPSA) is 75.9 Å². The summed E-state index contributed by atoms with van der Waals surface area (Å²) >= 11 is 1.66. The lowest BCUT2D eigenvalue weighted by Gasteiger charge is -2.09. The SMILES string of the molecule is Cc1nc(NCCN)cc(Nc2sccc2C)n1. The molecule has 0 atom stereocenters. The van der Waals surface area contributed by atoms with Crippen LogP contribution in [0.4, 0.5) is 16.6 Å². The van der Waals surface area contributed by atoms with Crippen LogP contribution >= 0.6 is 11.3 Å². The number of nitrogens with one attached hydrogen (secondary N) is 2. The second-order valence-electron chi connectivity index (χ2n) is 3.96. The summed E-state index contributed by atoms with van der Waals surface area (Å²) in [4.78, 5) is 8.68. The summed E-state index contributed by atoms with van der Waals surface area (Å²) in [6.45, 7) is 5.23. The molecular weight excluding hydrogens is 246 g/mol. The highest BCUT2D eigenvalue weighted by molar-refractivity contribution is 7.14. The van der Waals surface area contributed by atoms with E-state index in [0.717, 1.165) is 22.5 Å². The molecule has 0 unspecified atom stereocenters. The zero-order valence-electron chi connectivity index (χ0n) is 10.5. The van der Waals surface area contributed by atoms with Crippen LogP contribution in [0.25, 0.3) is 0 Å². The number of hydrogen-bond acceptors (Lipinski definition) is 6. The third-order valence-corrected chi connectivity index (χ3v) is 3.32. The molecule has 0 aliphatic rings. The van der Waals surface area contributed by atoms with Crippen LogP contribution in [0.2, 0.25) is 0 Å². The predicted octanol–water partition coefficient (Wildman–Crippen LogP) is 2.27. The van der Waals surface area contributed by atoms with Gasteiger partial charge in [-0.3, -0.25) is 0 Å². The zero-order chi connectivity index (χ0) is 13.0. The summed E-state index contributed by atoms with van der Waals surface area (Å²) in [5.41, 5.74) is 6.68. The van der Waals surface area contributed by atoms with Crippen LogP contribution in [0.3, 0.4) is 0 Å². The molecule has 18 heavy (non-hydrogen) atoms. The maximum atomic E-state index is 5.46. The smallest absolute Gasteiger partial charge is 0.136 e. The molecule has 4 N–H and O–H groups in total. The van der Waals surface area contributed by atoms with Crippen molar-refractivity contribution in [2.45, 2.75) is 13.8 Å². The molecule has 0 spiro atoms. The lowest BCUT2D eigenvalue weighted by molar-refractivity contribution is 0.987. The van der Waals surface area contributed by atoms with E-state index in [1.54, 1.807) is 11.3 Å². The average Bonchev–Trinajstić information content (AvgIpc) is 2.72. The largest absolute Gasteiger partial charge is 0.369 e. The zero-order valence-corrected chi connectivity index (χ0v) is 11.3. The van der Waals surface area contributed by atoms with Gasteiger partial charge in [0, 0.05) is 19.2 Å². The van der Waals surface area contributed by atoms with Crippen LogP contribution in [0, 0.1) is 13.8 Å². The Hall–Kier alpha value is -1.66. The lowest BCUT2D eigenvalue weighted by Crippen LogP contribution is -2.14. The van der Waals surface area contributed by atoms with E-state index in [-0.39, 0.29) is 0 Å². The summed E-state index contributed by atoms with van der Waals surface area (Å²) in [6.07, 6.45) is 0. The second kappa shape index (κ2) is 5.79. The molecule has 0 saturated carbocycles. The van der Waals surface area contributed by atoms with E-state index in [4.69, 9.17) is 5.73 Å². The highest BCUT2D eigenvalue weighted by atomic mass is 32.1. The van der Waals surface area contributed by atoms with Gasteiger partial charge >= 0.3 is 0 Å². The van der Waals surface area contributed by atoms with Gasteiger partial charge in [0.2, 0.25) is 0 Å². The van der Waals surface area contributed by atoms with E-state index >= 15 is 0 Å². The molecule has 2 aromatic heterocycles. The van der Waals surface area contributed by atoms with E-state index < -0.39 is 0 Å². The number of aryl methyl sites for hydroxylation is 2. The lowest BCUT2D eigenvalue weighted by atomic mass is 10.3. The van der Waals surface area contributed by atoms with Gasteiger partial charge in [-0.1, -0.05) is 0 Å². The fourth-order valence-corrected chi connectivity index (χ4v) is 2.37. The molecular formula is C12H17N5S. The summed E-state index contributed by atoms with van der Waals surface area (Å²) in [5.74, 6) is 2.32. The normalized spacial score (nSPS) is 10.4.